The smallest absolute Gasteiger partial charge is 0.344 e. The van der Waals surface area contributed by atoms with Gasteiger partial charge in [0.1, 0.15) is 5.75 Å². The van der Waals surface area contributed by atoms with Gasteiger partial charge in [0.25, 0.3) is 5.91 Å². The summed E-state index contributed by atoms with van der Waals surface area (Å²) < 4.78 is 10.1. The quantitative estimate of drug-likeness (QED) is 0.619. The lowest BCUT2D eigenvalue weighted by molar-refractivity contribution is -0.149. The van der Waals surface area contributed by atoms with Crippen LogP contribution < -0.4 is 10.1 Å². The molecule has 0 radical (unpaired) electrons. The van der Waals surface area contributed by atoms with Gasteiger partial charge in [0, 0.05) is 10.9 Å². The number of aromatic nitrogens is 1. The van der Waals surface area contributed by atoms with E-state index in [9.17, 15) is 9.59 Å². The fraction of sp³-hybridized carbons (Fsp3) is 0.100. The van der Waals surface area contributed by atoms with E-state index in [4.69, 9.17) is 14.7 Å². The Bertz CT molecular complexity index is 994. The summed E-state index contributed by atoms with van der Waals surface area (Å²) >= 11 is 1.29. The molecule has 1 aromatic heterocycles. The Morgan fingerprint density at radius 3 is 2.54 bits per heavy atom. The first kappa shape index (κ1) is 19.1. The maximum absolute atomic E-state index is 11.9. The maximum atomic E-state index is 11.9. The van der Waals surface area contributed by atoms with Crippen molar-refractivity contribution in [3.05, 3.63) is 65.5 Å². The van der Waals surface area contributed by atoms with E-state index < -0.39 is 18.5 Å². The Labute approximate surface area is 165 Å². The number of rotatable bonds is 7. The number of nitrogens with one attached hydrogen (secondary N) is 1. The summed E-state index contributed by atoms with van der Waals surface area (Å²) in [6.45, 7) is -0.773. The fourth-order valence-corrected chi connectivity index (χ4v) is 2.92. The van der Waals surface area contributed by atoms with Crippen LogP contribution in [0.2, 0.25) is 0 Å². The molecule has 0 spiro atoms. The van der Waals surface area contributed by atoms with Crippen molar-refractivity contribution in [3.63, 3.8) is 0 Å². The summed E-state index contributed by atoms with van der Waals surface area (Å²) in [5, 5.41) is 13.6. The molecule has 0 aliphatic carbocycles. The SMILES string of the molecule is N#Cc1ccc(OCC(=O)OCC(=O)Nc2nc(-c3ccccc3)cs2)cc1. The van der Waals surface area contributed by atoms with Gasteiger partial charge < -0.3 is 9.47 Å². The molecule has 3 rings (SSSR count). The van der Waals surface area contributed by atoms with E-state index in [2.05, 4.69) is 10.3 Å². The Balaban J connectivity index is 1.42. The molecular weight excluding hydrogens is 378 g/mol. The molecule has 0 fully saturated rings. The molecular formula is C20H15N3O4S. The van der Waals surface area contributed by atoms with Gasteiger partial charge >= 0.3 is 5.97 Å². The van der Waals surface area contributed by atoms with Gasteiger partial charge in [-0.2, -0.15) is 5.26 Å². The number of thiazole rings is 1. The van der Waals surface area contributed by atoms with Crippen molar-refractivity contribution in [3.8, 4) is 23.1 Å². The van der Waals surface area contributed by atoms with Gasteiger partial charge in [-0.25, -0.2) is 9.78 Å². The van der Waals surface area contributed by atoms with E-state index in [1.54, 1.807) is 24.3 Å². The average molecular weight is 393 g/mol. The van der Waals surface area contributed by atoms with Gasteiger partial charge in [-0.3, -0.25) is 10.1 Å². The van der Waals surface area contributed by atoms with Crippen LogP contribution in [0.3, 0.4) is 0 Å². The van der Waals surface area contributed by atoms with Crippen LogP contribution in [0, 0.1) is 11.3 Å². The lowest BCUT2D eigenvalue weighted by Gasteiger charge is -2.07. The molecule has 1 heterocycles. The average Bonchev–Trinajstić information content (AvgIpc) is 3.20. The lowest BCUT2D eigenvalue weighted by Crippen LogP contribution is -2.23. The minimum Gasteiger partial charge on any atom is -0.482 e. The number of anilines is 1. The van der Waals surface area contributed by atoms with Gasteiger partial charge in [0.15, 0.2) is 18.3 Å². The van der Waals surface area contributed by atoms with Crippen molar-refractivity contribution in [2.75, 3.05) is 18.5 Å². The van der Waals surface area contributed by atoms with Crippen molar-refractivity contribution in [1.82, 2.24) is 4.98 Å². The minimum atomic E-state index is -0.677. The Kier molecular flexibility index (Phi) is 6.33. The number of amides is 1. The summed E-state index contributed by atoms with van der Waals surface area (Å²) in [6.07, 6.45) is 0. The number of esters is 1. The van der Waals surface area contributed by atoms with Crippen LogP contribution in [0.1, 0.15) is 5.56 Å². The highest BCUT2D eigenvalue weighted by Gasteiger charge is 2.11. The Morgan fingerprint density at radius 2 is 1.82 bits per heavy atom. The maximum Gasteiger partial charge on any atom is 0.344 e. The van der Waals surface area contributed by atoms with Crippen molar-refractivity contribution in [2.24, 2.45) is 0 Å². The highest BCUT2D eigenvalue weighted by atomic mass is 32.1. The first-order valence-corrected chi connectivity index (χ1v) is 9.11. The molecule has 7 nitrogen and oxygen atoms in total. The van der Waals surface area contributed by atoms with Gasteiger partial charge in [-0.1, -0.05) is 30.3 Å². The highest BCUT2D eigenvalue weighted by molar-refractivity contribution is 7.14. The number of hydrogen-bond donors (Lipinski definition) is 1. The van der Waals surface area contributed by atoms with E-state index >= 15 is 0 Å². The van der Waals surface area contributed by atoms with Crippen LogP contribution in [0.4, 0.5) is 5.13 Å². The number of nitrogens with zero attached hydrogens (tertiary/aromatic N) is 2. The van der Waals surface area contributed by atoms with Gasteiger partial charge in [-0.15, -0.1) is 11.3 Å². The van der Waals surface area contributed by atoms with Gasteiger partial charge in [0.2, 0.25) is 0 Å². The zero-order valence-corrected chi connectivity index (χ0v) is 15.4. The third-order valence-electron chi connectivity index (χ3n) is 3.52. The molecule has 0 saturated heterocycles. The molecule has 0 aliphatic rings. The zero-order chi connectivity index (χ0) is 19.8. The first-order chi connectivity index (χ1) is 13.6. The fourth-order valence-electron chi connectivity index (χ4n) is 2.18. The van der Waals surface area contributed by atoms with Crippen molar-refractivity contribution in [2.45, 2.75) is 0 Å². The van der Waals surface area contributed by atoms with E-state index in [0.717, 1.165) is 11.3 Å². The molecule has 28 heavy (non-hydrogen) atoms. The van der Waals surface area contributed by atoms with Crippen LogP contribution in [-0.4, -0.2) is 30.1 Å². The van der Waals surface area contributed by atoms with E-state index in [1.165, 1.54) is 11.3 Å². The monoisotopic (exact) mass is 393 g/mol. The predicted octanol–water partition coefficient (Wildman–Crippen LogP) is 3.24. The molecule has 0 bridgehead atoms. The van der Waals surface area contributed by atoms with Crippen LogP contribution in [0.25, 0.3) is 11.3 Å². The minimum absolute atomic E-state index is 0.339. The standard InChI is InChI=1S/C20H15N3O4S/c21-10-14-6-8-16(9-7-14)26-12-19(25)27-11-18(24)23-20-22-17(13-28-20)15-4-2-1-3-5-15/h1-9,13H,11-12H2,(H,22,23,24). The Hall–Kier alpha value is -3.70. The van der Waals surface area contributed by atoms with Gasteiger partial charge in [0.05, 0.1) is 17.3 Å². The van der Waals surface area contributed by atoms with E-state index in [1.807, 2.05) is 41.8 Å². The van der Waals surface area contributed by atoms with Crippen molar-refractivity contribution in [1.29, 1.82) is 5.26 Å². The number of nitriles is 1. The third kappa shape index (κ3) is 5.40. The number of carbonyl (C=O) groups excluding carboxylic acids is 2. The topological polar surface area (TPSA) is 101 Å². The summed E-state index contributed by atoms with van der Waals surface area (Å²) in [5.41, 5.74) is 2.20. The number of carbonyl (C=O) groups is 2. The van der Waals surface area contributed by atoms with Crippen molar-refractivity contribution < 1.29 is 19.1 Å². The second-order valence-corrected chi connectivity index (χ2v) is 6.40. The molecule has 0 atom stereocenters. The first-order valence-electron chi connectivity index (χ1n) is 8.23. The van der Waals surface area contributed by atoms with Crippen molar-refractivity contribution >= 4 is 28.3 Å². The molecule has 0 saturated carbocycles. The second kappa shape index (κ2) is 9.30. The summed E-state index contributed by atoms with van der Waals surface area (Å²) in [6, 6.07) is 17.9. The van der Waals surface area contributed by atoms with Crippen LogP contribution in [-0.2, 0) is 14.3 Å². The summed E-state index contributed by atoms with van der Waals surface area (Å²) in [4.78, 5) is 27.9. The molecule has 2 aromatic carbocycles. The molecule has 0 unspecified atom stereocenters. The molecule has 1 amide bonds. The molecule has 140 valence electrons. The predicted molar refractivity (Wildman–Crippen MR) is 104 cm³/mol. The van der Waals surface area contributed by atoms with E-state index in [0.29, 0.717) is 16.4 Å². The third-order valence-corrected chi connectivity index (χ3v) is 4.28. The van der Waals surface area contributed by atoms with Gasteiger partial charge in [-0.05, 0) is 24.3 Å². The largest absolute Gasteiger partial charge is 0.482 e. The van der Waals surface area contributed by atoms with Crippen LogP contribution >= 0.6 is 11.3 Å². The molecule has 1 N–H and O–H groups in total. The van der Waals surface area contributed by atoms with Crippen LogP contribution in [0.15, 0.2) is 60.0 Å². The summed E-state index contributed by atoms with van der Waals surface area (Å²) in [7, 11) is 0. The molecule has 8 heteroatoms. The zero-order valence-electron chi connectivity index (χ0n) is 14.6. The van der Waals surface area contributed by atoms with E-state index in [-0.39, 0.29) is 6.61 Å². The number of benzene rings is 2. The number of hydrogen-bond acceptors (Lipinski definition) is 7. The second-order valence-electron chi connectivity index (χ2n) is 5.54. The highest BCUT2D eigenvalue weighted by Crippen LogP contribution is 2.24. The molecule has 3 aromatic rings. The van der Waals surface area contributed by atoms with Crippen LogP contribution in [0.5, 0.6) is 5.75 Å². The number of ether oxygens (including phenoxy) is 2. The Morgan fingerprint density at radius 1 is 1.07 bits per heavy atom. The summed E-state index contributed by atoms with van der Waals surface area (Å²) in [5.74, 6) is -0.735. The normalized spacial score (nSPS) is 9.96. The molecule has 0 aliphatic heterocycles. The lowest BCUT2D eigenvalue weighted by atomic mass is 10.2.